The Hall–Kier alpha value is -2.80. The predicted octanol–water partition coefficient (Wildman–Crippen LogP) is 4.58. The summed E-state index contributed by atoms with van der Waals surface area (Å²) >= 11 is 0. The van der Waals surface area contributed by atoms with Crippen LogP contribution < -0.4 is 5.32 Å². The lowest BCUT2D eigenvalue weighted by atomic mass is 9.89. The number of nitrogens with zero attached hydrogens (tertiary/aromatic N) is 4. The van der Waals surface area contributed by atoms with Gasteiger partial charge in [0.15, 0.2) is 0 Å². The smallest absolute Gasteiger partial charge is 0.350 e. The molecule has 10 nitrogen and oxygen atoms in total. The molecule has 3 N–H and O–H groups in total. The van der Waals surface area contributed by atoms with E-state index < -0.39 is 13.9 Å². The van der Waals surface area contributed by atoms with Crippen molar-refractivity contribution < 1.29 is 23.8 Å². The zero-order valence-electron chi connectivity index (χ0n) is 21.1. The standard InChI is InChI=1S/C26H32N5O5P/c1-16(17-7-5-4-6-8-17)28-23-18-9-10-31(24(18)30-22(13-27)29-23)25-20-12-26(2,3)11-19(20)21(36-25)14-35-15-37(32,33)34/h4-10,16,19-21,25H,11-12,14-15H2,1-3H3,(H,28,29,30)(H2,32,33,34)/t16-,19+,20-,21?,25-/m1/s1. The van der Waals surface area contributed by atoms with Gasteiger partial charge in [0.25, 0.3) is 0 Å². The summed E-state index contributed by atoms with van der Waals surface area (Å²) in [4.78, 5) is 27.4. The van der Waals surface area contributed by atoms with Crippen LogP contribution in [0, 0.1) is 28.6 Å². The molecule has 1 aliphatic heterocycles. The molecule has 11 heteroatoms. The molecule has 2 aliphatic rings. The molecule has 2 aromatic heterocycles. The van der Waals surface area contributed by atoms with Crippen LogP contribution in [0.1, 0.15) is 57.3 Å². The molecule has 0 bridgehead atoms. The minimum absolute atomic E-state index is 0.0347. The van der Waals surface area contributed by atoms with Crippen molar-refractivity contribution in [2.24, 2.45) is 17.3 Å². The van der Waals surface area contributed by atoms with Gasteiger partial charge < -0.3 is 29.1 Å². The topological polar surface area (TPSA) is 143 Å². The van der Waals surface area contributed by atoms with Gasteiger partial charge in [-0.05, 0) is 42.7 Å². The number of aromatic nitrogens is 3. The summed E-state index contributed by atoms with van der Waals surface area (Å²) in [6, 6.07) is 14.0. The lowest BCUT2D eigenvalue weighted by Gasteiger charge is -2.25. The van der Waals surface area contributed by atoms with E-state index in [4.69, 9.17) is 9.47 Å². The second kappa shape index (κ2) is 9.82. The largest absolute Gasteiger partial charge is 0.366 e. The molecule has 0 radical (unpaired) electrons. The second-order valence-electron chi connectivity index (χ2n) is 10.9. The molecule has 196 valence electrons. The second-order valence-corrected chi connectivity index (χ2v) is 12.5. The number of hydrogen-bond acceptors (Lipinski definition) is 7. The maximum Gasteiger partial charge on any atom is 0.350 e. The zero-order valence-corrected chi connectivity index (χ0v) is 22.0. The molecule has 37 heavy (non-hydrogen) atoms. The predicted molar refractivity (Wildman–Crippen MR) is 137 cm³/mol. The number of benzene rings is 1. The van der Waals surface area contributed by atoms with E-state index in [0.29, 0.717) is 11.5 Å². The van der Waals surface area contributed by atoms with E-state index in [-0.39, 0.29) is 48.1 Å². The SMILES string of the molecule is C[C@@H](Nc1nc(C#N)nc2c1ccn2[C@@H]1OC(COCP(=O)(O)O)[C@H]2CC(C)(C)C[C@H]21)c1ccccc1. The number of hydrogen-bond donors (Lipinski definition) is 3. The number of nitriles is 1. The Bertz CT molecular complexity index is 1360. The van der Waals surface area contributed by atoms with Crippen LogP contribution in [0.2, 0.25) is 0 Å². The molecule has 1 aromatic carbocycles. The molecule has 0 amide bonds. The van der Waals surface area contributed by atoms with E-state index in [9.17, 15) is 19.6 Å². The fraction of sp³-hybridized carbons (Fsp3) is 0.500. The molecule has 5 rings (SSSR count). The van der Waals surface area contributed by atoms with Crippen LogP contribution in [0.4, 0.5) is 5.82 Å². The van der Waals surface area contributed by atoms with Gasteiger partial charge in [-0.2, -0.15) is 5.26 Å². The van der Waals surface area contributed by atoms with Crippen molar-refractivity contribution in [3.05, 3.63) is 54.0 Å². The molecule has 3 heterocycles. The molecule has 3 aromatic rings. The Morgan fingerprint density at radius 1 is 1.24 bits per heavy atom. The lowest BCUT2D eigenvalue weighted by molar-refractivity contribution is -0.0566. The third-order valence-corrected chi connectivity index (χ3v) is 7.94. The van der Waals surface area contributed by atoms with Crippen LogP contribution in [0.5, 0.6) is 0 Å². The monoisotopic (exact) mass is 525 g/mol. The first-order valence-electron chi connectivity index (χ1n) is 12.4. The van der Waals surface area contributed by atoms with E-state index in [1.807, 2.05) is 54.1 Å². The van der Waals surface area contributed by atoms with E-state index in [0.717, 1.165) is 23.8 Å². The fourth-order valence-corrected chi connectivity index (χ4v) is 6.26. The summed E-state index contributed by atoms with van der Waals surface area (Å²) in [5, 5.41) is 13.9. The van der Waals surface area contributed by atoms with Crippen LogP contribution in [-0.2, 0) is 14.0 Å². The molecule has 5 atom stereocenters. The molecular weight excluding hydrogens is 493 g/mol. The Balaban J connectivity index is 1.46. The highest BCUT2D eigenvalue weighted by Crippen LogP contribution is 2.56. The highest BCUT2D eigenvalue weighted by atomic mass is 31.2. The molecule has 1 unspecified atom stereocenters. The zero-order chi connectivity index (χ0) is 26.4. The summed E-state index contributed by atoms with van der Waals surface area (Å²) in [6.07, 6.45) is 2.52. The molecule has 0 spiro atoms. The maximum atomic E-state index is 11.3. The number of anilines is 1. The molecule has 2 fully saturated rings. The Labute approximate surface area is 215 Å². The van der Waals surface area contributed by atoms with Gasteiger partial charge in [-0.15, -0.1) is 0 Å². The van der Waals surface area contributed by atoms with Gasteiger partial charge in [0, 0.05) is 18.2 Å². The van der Waals surface area contributed by atoms with Crippen molar-refractivity contribution in [3.63, 3.8) is 0 Å². The Morgan fingerprint density at radius 2 is 1.97 bits per heavy atom. The first-order valence-corrected chi connectivity index (χ1v) is 14.2. The number of ether oxygens (including phenoxy) is 2. The number of rotatable bonds is 8. The summed E-state index contributed by atoms with van der Waals surface area (Å²) in [6.45, 7) is 6.61. The van der Waals surface area contributed by atoms with Gasteiger partial charge in [0.2, 0.25) is 5.82 Å². The third-order valence-electron chi connectivity index (χ3n) is 7.42. The van der Waals surface area contributed by atoms with Gasteiger partial charge in [-0.3, -0.25) is 4.57 Å². The van der Waals surface area contributed by atoms with Crippen molar-refractivity contribution in [2.45, 2.75) is 52.0 Å². The van der Waals surface area contributed by atoms with E-state index >= 15 is 0 Å². The highest BCUT2D eigenvalue weighted by molar-refractivity contribution is 7.51. The van der Waals surface area contributed by atoms with Crippen LogP contribution in [0.25, 0.3) is 11.0 Å². The number of fused-ring (bicyclic) bond motifs is 2. The van der Waals surface area contributed by atoms with Crippen molar-refractivity contribution in [2.75, 3.05) is 18.3 Å². The first kappa shape index (κ1) is 25.8. The van der Waals surface area contributed by atoms with Crippen molar-refractivity contribution in [3.8, 4) is 6.07 Å². The van der Waals surface area contributed by atoms with Crippen LogP contribution in [0.15, 0.2) is 42.6 Å². The minimum Gasteiger partial charge on any atom is -0.366 e. The normalized spacial score (nSPS) is 25.6. The van der Waals surface area contributed by atoms with Crippen LogP contribution >= 0.6 is 7.60 Å². The molecule has 1 saturated heterocycles. The fourth-order valence-electron chi connectivity index (χ4n) is 5.91. The molecule has 1 aliphatic carbocycles. The minimum atomic E-state index is -4.26. The summed E-state index contributed by atoms with van der Waals surface area (Å²) in [5.74, 6) is 1.01. The summed E-state index contributed by atoms with van der Waals surface area (Å²) in [7, 11) is -4.26. The van der Waals surface area contributed by atoms with E-state index in [2.05, 4.69) is 35.2 Å². The quantitative estimate of drug-likeness (QED) is 0.360. The van der Waals surface area contributed by atoms with E-state index in [1.165, 1.54) is 0 Å². The average Bonchev–Trinajstić information content (AvgIpc) is 3.50. The van der Waals surface area contributed by atoms with Gasteiger partial charge >= 0.3 is 7.60 Å². The van der Waals surface area contributed by atoms with Gasteiger partial charge in [-0.25, -0.2) is 9.97 Å². The van der Waals surface area contributed by atoms with Gasteiger partial charge in [0.05, 0.1) is 18.1 Å². The summed E-state index contributed by atoms with van der Waals surface area (Å²) in [5.41, 5.74) is 1.81. The van der Waals surface area contributed by atoms with Gasteiger partial charge in [0.1, 0.15) is 30.1 Å². The Kier molecular flexibility index (Phi) is 6.86. The first-order chi connectivity index (χ1) is 17.5. The van der Waals surface area contributed by atoms with Crippen LogP contribution in [-0.4, -0.2) is 43.4 Å². The molecule has 1 saturated carbocycles. The van der Waals surface area contributed by atoms with Crippen molar-refractivity contribution in [1.82, 2.24) is 14.5 Å². The average molecular weight is 526 g/mol. The van der Waals surface area contributed by atoms with Gasteiger partial charge in [-0.1, -0.05) is 44.2 Å². The molecular formula is C26H32N5O5P. The van der Waals surface area contributed by atoms with Crippen molar-refractivity contribution in [1.29, 1.82) is 5.26 Å². The summed E-state index contributed by atoms with van der Waals surface area (Å²) < 4.78 is 25.1. The maximum absolute atomic E-state index is 11.3. The Morgan fingerprint density at radius 3 is 2.68 bits per heavy atom. The highest BCUT2D eigenvalue weighted by Gasteiger charge is 2.53. The lowest BCUT2D eigenvalue weighted by Crippen LogP contribution is -2.24. The van der Waals surface area contributed by atoms with Crippen molar-refractivity contribution >= 4 is 24.4 Å². The third kappa shape index (κ3) is 5.42. The van der Waals surface area contributed by atoms with E-state index in [1.54, 1.807) is 0 Å². The van der Waals surface area contributed by atoms with Crippen LogP contribution in [0.3, 0.4) is 0 Å². The number of nitrogens with one attached hydrogen (secondary N) is 1.